The van der Waals surface area contributed by atoms with Crippen molar-refractivity contribution in [2.75, 3.05) is 0 Å². The second-order valence-corrected chi connectivity index (χ2v) is 5.39. The molecule has 0 saturated heterocycles. The van der Waals surface area contributed by atoms with Gasteiger partial charge in [0.25, 0.3) is 0 Å². The van der Waals surface area contributed by atoms with E-state index in [4.69, 9.17) is 5.73 Å². The summed E-state index contributed by atoms with van der Waals surface area (Å²) < 4.78 is 3.06. The van der Waals surface area contributed by atoms with Gasteiger partial charge in [-0.3, -0.25) is 4.68 Å². The summed E-state index contributed by atoms with van der Waals surface area (Å²) in [6, 6.07) is 3.93. The average Bonchev–Trinajstić information content (AvgIpc) is 2.87. The molecule has 1 unspecified atom stereocenters. The molecule has 3 nitrogen and oxygen atoms in total. The van der Waals surface area contributed by atoms with Crippen molar-refractivity contribution in [3.8, 4) is 0 Å². The van der Waals surface area contributed by atoms with Crippen molar-refractivity contribution in [3.05, 3.63) is 38.8 Å². The Kier molecular flexibility index (Phi) is 3.78. The smallest absolute Gasteiger partial charge is 0.0828 e. The number of aromatic nitrogens is 2. The van der Waals surface area contributed by atoms with E-state index in [9.17, 15) is 0 Å². The molecule has 86 valence electrons. The van der Waals surface area contributed by atoms with E-state index < -0.39 is 0 Å². The standard InChI is InChI=1S/C11H14BrN3S/c1-2-6-15-9(3-5-14-15)10(13)11-8(12)4-7-16-11/h3-5,7,10H,2,6,13H2,1H3. The molecule has 2 aromatic rings. The highest BCUT2D eigenvalue weighted by Gasteiger charge is 2.17. The van der Waals surface area contributed by atoms with Gasteiger partial charge in [-0.25, -0.2) is 0 Å². The Morgan fingerprint density at radius 2 is 2.38 bits per heavy atom. The largest absolute Gasteiger partial charge is 0.318 e. The quantitative estimate of drug-likeness (QED) is 0.942. The maximum atomic E-state index is 6.26. The van der Waals surface area contributed by atoms with Gasteiger partial charge in [-0.15, -0.1) is 11.3 Å². The van der Waals surface area contributed by atoms with Crippen molar-refractivity contribution in [3.63, 3.8) is 0 Å². The van der Waals surface area contributed by atoms with Gasteiger partial charge in [0.1, 0.15) is 0 Å². The lowest BCUT2D eigenvalue weighted by atomic mass is 10.2. The van der Waals surface area contributed by atoms with Crippen LogP contribution in [0.4, 0.5) is 0 Å². The van der Waals surface area contributed by atoms with Gasteiger partial charge in [0, 0.05) is 22.1 Å². The molecule has 2 rings (SSSR count). The zero-order chi connectivity index (χ0) is 11.5. The molecule has 0 radical (unpaired) electrons. The Morgan fingerprint density at radius 1 is 1.56 bits per heavy atom. The van der Waals surface area contributed by atoms with Crippen LogP contribution in [0.3, 0.4) is 0 Å². The third-order valence-electron chi connectivity index (χ3n) is 2.43. The highest BCUT2D eigenvalue weighted by Crippen LogP contribution is 2.31. The Bertz CT molecular complexity index is 463. The molecule has 0 aliphatic rings. The van der Waals surface area contributed by atoms with Crippen LogP contribution in [0.1, 0.15) is 30.0 Å². The molecule has 0 aliphatic carbocycles. The molecular formula is C11H14BrN3S. The van der Waals surface area contributed by atoms with Crippen molar-refractivity contribution in [1.82, 2.24) is 9.78 Å². The Balaban J connectivity index is 2.30. The second-order valence-electron chi connectivity index (χ2n) is 3.59. The van der Waals surface area contributed by atoms with Crippen LogP contribution in [-0.2, 0) is 6.54 Å². The van der Waals surface area contributed by atoms with E-state index in [1.54, 1.807) is 11.3 Å². The monoisotopic (exact) mass is 299 g/mol. The summed E-state index contributed by atoms with van der Waals surface area (Å²) >= 11 is 5.19. The summed E-state index contributed by atoms with van der Waals surface area (Å²) in [5.41, 5.74) is 7.33. The number of hydrogen-bond donors (Lipinski definition) is 1. The number of nitrogens with zero attached hydrogens (tertiary/aromatic N) is 2. The van der Waals surface area contributed by atoms with Gasteiger partial charge >= 0.3 is 0 Å². The first-order chi connectivity index (χ1) is 7.74. The molecule has 0 aromatic carbocycles. The fourth-order valence-corrected chi connectivity index (χ4v) is 3.30. The minimum Gasteiger partial charge on any atom is -0.318 e. The molecule has 2 N–H and O–H groups in total. The van der Waals surface area contributed by atoms with Crippen LogP contribution in [0, 0.1) is 0 Å². The van der Waals surface area contributed by atoms with Crippen LogP contribution >= 0.6 is 27.3 Å². The fourth-order valence-electron chi connectivity index (χ4n) is 1.67. The van der Waals surface area contributed by atoms with Gasteiger partial charge < -0.3 is 5.73 Å². The summed E-state index contributed by atoms with van der Waals surface area (Å²) in [6.07, 6.45) is 2.87. The average molecular weight is 300 g/mol. The summed E-state index contributed by atoms with van der Waals surface area (Å²) in [5.74, 6) is 0. The number of thiophene rings is 1. The molecule has 2 aromatic heterocycles. The van der Waals surface area contributed by atoms with Gasteiger partial charge in [-0.05, 0) is 39.9 Å². The highest BCUT2D eigenvalue weighted by atomic mass is 79.9. The summed E-state index contributed by atoms with van der Waals surface area (Å²) in [5, 5.41) is 6.33. The zero-order valence-electron chi connectivity index (χ0n) is 9.06. The first kappa shape index (κ1) is 11.8. The van der Waals surface area contributed by atoms with E-state index in [2.05, 4.69) is 28.0 Å². The predicted molar refractivity (Wildman–Crippen MR) is 70.6 cm³/mol. The van der Waals surface area contributed by atoms with E-state index in [1.165, 1.54) is 0 Å². The van der Waals surface area contributed by atoms with E-state index in [1.807, 2.05) is 28.4 Å². The summed E-state index contributed by atoms with van der Waals surface area (Å²) in [4.78, 5) is 1.15. The van der Waals surface area contributed by atoms with Crippen molar-refractivity contribution < 1.29 is 0 Å². The molecule has 5 heteroatoms. The predicted octanol–water partition coefficient (Wildman–Crippen LogP) is 3.17. The summed E-state index contributed by atoms with van der Waals surface area (Å²) in [7, 11) is 0. The number of halogens is 1. The minimum absolute atomic E-state index is 0.0941. The number of nitrogens with two attached hydrogens (primary N) is 1. The lowest BCUT2D eigenvalue weighted by molar-refractivity contribution is 0.561. The van der Waals surface area contributed by atoms with Crippen molar-refractivity contribution in [1.29, 1.82) is 0 Å². The Morgan fingerprint density at radius 3 is 3.00 bits per heavy atom. The molecule has 1 atom stereocenters. The maximum Gasteiger partial charge on any atom is 0.0828 e. The second kappa shape index (κ2) is 5.12. The Labute approximate surface area is 107 Å². The van der Waals surface area contributed by atoms with Gasteiger partial charge in [0.15, 0.2) is 0 Å². The molecule has 0 saturated carbocycles. The topological polar surface area (TPSA) is 43.8 Å². The molecule has 0 spiro atoms. The molecule has 0 bridgehead atoms. The zero-order valence-corrected chi connectivity index (χ0v) is 11.5. The van der Waals surface area contributed by atoms with Gasteiger partial charge in [0.2, 0.25) is 0 Å². The van der Waals surface area contributed by atoms with Crippen LogP contribution in [0.15, 0.2) is 28.2 Å². The van der Waals surface area contributed by atoms with Crippen molar-refractivity contribution in [2.24, 2.45) is 5.73 Å². The van der Waals surface area contributed by atoms with Crippen LogP contribution in [0.2, 0.25) is 0 Å². The lowest BCUT2D eigenvalue weighted by Gasteiger charge is -2.13. The maximum absolute atomic E-state index is 6.26. The third-order valence-corrected chi connectivity index (χ3v) is 4.38. The number of hydrogen-bond acceptors (Lipinski definition) is 3. The van der Waals surface area contributed by atoms with Gasteiger partial charge in [0.05, 0.1) is 11.7 Å². The van der Waals surface area contributed by atoms with Crippen LogP contribution in [0.25, 0.3) is 0 Å². The van der Waals surface area contributed by atoms with Crippen molar-refractivity contribution >= 4 is 27.3 Å². The normalized spacial score (nSPS) is 12.9. The number of aryl methyl sites for hydroxylation is 1. The van der Waals surface area contributed by atoms with Gasteiger partial charge in [-0.1, -0.05) is 6.92 Å². The molecule has 16 heavy (non-hydrogen) atoms. The Hall–Kier alpha value is -0.650. The fraction of sp³-hybridized carbons (Fsp3) is 0.364. The molecular weight excluding hydrogens is 286 g/mol. The molecule has 0 amide bonds. The van der Waals surface area contributed by atoms with Gasteiger partial charge in [-0.2, -0.15) is 5.10 Å². The summed E-state index contributed by atoms with van der Waals surface area (Å²) in [6.45, 7) is 3.05. The minimum atomic E-state index is -0.0941. The van der Waals surface area contributed by atoms with Crippen molar-refractivity contribution in [2.45, 2.75) is 25.9 Å². The highest BCUT2D eigenvalue weighted by molar-refractivity contribution is 9.10. The molecule has 0 aliphatic heterocycles. The SMILES string of the molecule is CCCn1nccc1C(N)c1sccc1Br. The van der Waals surface area contributed by atoms with Crippen LogP contribution in [-0.4, -0.2) is 9.78 Å². The first-order valence-corrected chi connectivity index (χ1v) is 6.91. The third kappa shape index (κ3) is 2.21. The lowest BCUT2D eigenvalue weighted by Crippen LogP contribution is -2.16. The number of rotatable bonds is 4. The van der Waals surface area contributed by atoms with Crippen LogP contribution < -0.4 is 5.73 Å². The van der Waals surface area contributed by atoms with Crippen LogP contribution in [0.5, 0.6) is 0 Å². The van der Waals surface area contributed by atoms with E-state index in [-0.39, 0.29) is 6.04 Å². The first-order valence-electron chi connectivity index (χ1n) is 5.24. The molecule has 0 fully saturated rings. The van der Waals surface area contributed by atoms with E-state index >= 15 is 0 Å². The van der Waals surface area contributed by atoms with E-state index in [0.717, 1.165) is 28.0 Å². The van der Waals surface area contributed by atoms with E-state index in [0.29, 0.717) is 0 Å². The molecule has 2 heterocycles.